The number of nitrogens with zero attached hydrogens (tertiary/aromatic N) is 2. The topological polar surface area (TPSA) is 43.8 Å². The lowest BCUT2D eigenvalue weighted by molar-refractivity contribution is 0.770. The van der Waals surface area contributed by atoms with E-state index in [1.54, 1.807) is 11.3 Å². The summed E-state index contributed by atoms with van der Waals surface area (Å²) >= 11 is 1.76. The monoisotopic (exact) mass is 243 g/mol. The summed E-state index contributed by atoms with van der Waals surface area (Å²) in [5.41, 5.74) is 7.85. The lowest BCUT2D eigenvalue weighted by atomic mass is 10.2. The van der Waals surface area contributed by atoms with Crippen LogP contribution in [0.25, 0.3) is 20.7 Å². The molecule has 17 heavy (non-hydrogen) atoms. The van der Waals surface area contributed by atoms with Crippen LogP contribution in [0.15, 0.2) is 36.5 Å². The maximum absolute atomic E-state index is 5.75. The van der Waals surface area contributed by atoms with Crippen LogP contribution >= 0.6 is 11.3 Å². The first kappa shape index (κ1) is 10.5. The lowest BCUT2D eigenvalue weighted by Crippen LogP contribution is -1.95. The van der Waals surface area contributed by atoms with Gasteiger partial charge in [0.1, 0.15) is 5.69 Å². The maximum Gasteiger partial charge on any atom is 0.107 e. The standard InChI is InChI=1S/C13H13N3S/c1-16-8-10(7-14)13(15-16)12-6-9-4-2-3-5-11(9)17-12/h2-6,8H,7,14H2,1H3. The van der Waals surface area contributed by atoms with E-state index in [9.17, 15) is 0 Å². The largest absolute Gasteiger partial charge is 0.326 e. The molecule has 1 aromatic carbocycles. The van der Waals surface area contributed by atoms with E-state index in [1.165, 1.54) is 15.0 Å². The van der Waals surface area contributed by atoms with Gasteiger partial charge in [0.15, 0.2) is 0 Å². The van der Waals surface area contributed by atoms with Crippen LogP contribution in [0.1, 0.15) is 5.56 Å². The highest BCUT2D eigenvalue weighted by Crippen LogP contribution is 2.33. The molecule has 2 N–H and O–H groups in total. The third-order valence-corrected chi connectivity index (χ3v) is 3.91. The third-order valence-electron chi connectivity index (χ3n) is 2.78. The number of hydrogen-bond donors (Lipinski definition) is 1. The molecule has 3 aromatic rings. The fourth-order valence-electron chi connectivity index (χ4n) is 1.99. The van der Waals surface area contributed by atoms with Crippen LogP contribution in [0, 0.1) is 0 Å². The van der Waals surface area contributed by atoms with E-state index in [0.717, 1.165) is 11.3 Å². The molecular weight excluding hydrogens is 230 g/mol. The van der Waals surface area contributed by atoms with E-state index in [-0.39, 0.29) is 0 Å². The van der Waals surface area contributed by atoms with Gasteiger partial charge in [0.25, 0.3) is 0 Å². The highest BCUT2D eigenvalue weighted by atomic mass is 32.1. The molecule has 0 bridgehead atoms. The number of fused-ring (bicyclic) bond motifs is 1. The highest BCUT2D eigenvalue weighted by molar-refractivity contribution is 7.22. The Labute approximate surface area is 103 Å². The Morgan fingerprint density at radius 3 is 2.94 bits per heavy atom. The van der Waals surface area contributed by atoms with E-state index in [2.05, 4.69) is 35.4 Å². The number of aryl methyl sites for hydroxylation is 1. The van der Waals surface area contributed by atoms with Crippen LogP contribution in [0.3, 0.4) is 0 Å². The molecule has 0 saturated heterocycles. The summed E-state index contributed by atoms with van der Waals surface area (Å²) in [6, 6.07) is 10.6. The molecule has 0 atom stereocenters. The molecule has 0 amide bonds. The molecular formula is C13H13N3S. The average molecular weight is 243 g/mol. The highest BCUT2D eigenvalue weighted by Gasteiger charge is 2.11. The molecule has 0 saturated carbocycles. The smallest absolute Gasteiger partial charge is 0.107 e. The van der Waals surface area contributed by atoms with Crippen molar-refractivity contribution >= 4 is 21.4 Å². The quantitative estimate of drug-likeness (QED) is 0.752. The SMILES string of the molecule is Cn1cc(CN)c(-c2cc3ccccc3s2)n1. The van der Waals surface area contributed by atoms with Gasteiger partial charge in [-0.3, -0.25) is 4.68 Å². The molecule has 86 valence electrons. The minimum Gasteiger partial charge on any atom is -0.326 e. The fourth-order valence-corrected chi connectivity index (χ4v) is 3.08. The van der Waals surface area contributed by atoms with Gasteiger partial charge in [-0.25, -0.2) is 0 Å². The number of aromatic nitrogens is 2. The molecule has 0 fully saturated rings. The Hall–Kier alpha value is -1.65. The minimum absolute atomic E-state index is 0.525. The molecule has 0 aliphatic carbocycles. The van der Waals surface area contributed by atoms with Crippen molar-refractivity contribution in [2.45, 2.75) is 6.54 Å². The second-order valence-electron chi connectivity index (χ2n) is 4.03. The van der Waals surface area contributed by atoms with E-state index in [0.29, 0.717) is 6.54 Å². The number of rotatable bonds is 2. The summed E-state index contributed by atoms with van der Waals surface area (Å²) in [6.07, 6.45) is 1.99. The van der Waals surface area contributed by atoms with Gasteiger partial charge in [0.2, 0.25) is 0 Å². The van der Waals surface area contributed by atoms with Gasteiger partial charge in [-0.2, -0.15) is 5.10 Å². The Morgan fingerprint density at radius 2 is 2.18 bits per heavy atom. The minimum atomic E-state index is 0.525. The number of benzene rings is 1. The van der Waals surface area contributed by atoms with Gasteiger partial charge in [-0.15, -0.1) is 11.3 Å². The van der Waals surface area contributed by atoms with Crippen LogP contribution < -0.4 is 5.73 Å². The molecule has 0 aliphatic rings. The number of hydrogen-bond acceptors (Lipinski definition) is 3. The van der Waals surface area contributed by atoms with Gasteiger partial charge in [0.05, 0.1) is 4.88 Å². The Kier molecular flexibility index (Phi) is 2.46. The van der Waals surface area contributed by atoms with Crippen molar-refractivity contribution in [1.82, 2.24) is 9.78 Å². The average Bonchev–Trinajstić information content (AvgIpc) is 2.91. The summed E-state index contributed by atoms with van der Waals surface area (Å²) < 4.78 is 3.11. The molecule has 2 aromatic heterocycles. The maximum atomic E-state index is 5.75. The second-order valence-corrected chi connectivity index (χ2v) is 5.11. The van der Waals surface area contributed by atoms with E-state index in [4.69, 9.17) is 5.73 Å². The van der Waals surface area contributed by atoms with Crippen LogP contribution in [-0.2, 0) is 13.6 Å². The second kappa shape index (κ2) is 3.98. The van der Waals surface area contributed by atoms with Crippen molar-refractivity contribution < 1.29 is 0 Å². The van der Waals surface area contributed by atoms with Crippen molar-refractivity contribution in [3.63, 3.8) is 0 Å². The number of thiophene rings is 1. The first-order chi connectivity index (χ1) is 8.28. The zero-order valence-corrected chi connectivity index (χ0v) is 10.4. The van der Waals surface area contributed by atoms with Crippen molar-refractivity contribution in [3.05, 3.63) is 42.1 Å². The summed E-state index contributed by atoms with van der Waals surface area (Å²) in [5, 5.41) is 5.76. The van der Waals surface area contributed by atoms with Crippen molar-refractivity contribution in [1.29, 1.82) is 0 Å². The first-order valence-corrected chi connectivity index (χ1v) is 6.31. The van der Waals surface area contributed by atoms with Crippen LogP contribution in [0.2, 0.25) is 0 Å². The van der Waals surface area contributed by atoms with Crippen molar-refractivity contribution in [2.75, 3.05) is 0 Å². The Morgan fingerprint density at radius 1 is 1.35 bits per heavy atom. The predicted octanol–water partition coefficient (Wildman–Crippen LogP) is 2.76. The third kappa shape index (κ3) is 1.75. The van der Waals surface area contributed by atoms with Gasteiger partial charge < -0.3 is 5.73 Å². The van der Waals surface area contributed by atoms with Crippen molar-refractivity contribution in [2.24, 2.45) is 12.8 Å². The molecule has 2 heterocycles. The molecule has 0 unspecified atom stereocenters. The molecule has 4 heteroatoms. The number of nitrogens with two attached hydrogens (primary N) is 1. The molecule has 0 spiro atoms. The Balaban J connectivity index is 2.19. The molecule has 0 radical (unpaired) electrons. The van der Waals surface area contributed by atoms with Crippen LogP contribution in [0.5, 0.6) is 0 Å². The van der Waals surface area contributed by atoms with Gasteiger partial charge in [-0.1, -0.05) is 18.2 Å². The van der Waals surface area contributed by atoms with Gasteiger partial charge in [-0.05, 0) is 17.5 Å². The first-order valence-electron chi connectivity index (χ1n) is 5.49. The zero-order valence-electron chi connectivity index (χ0n) is 9.55. The van der Waals surface area contributed by atoms with Crippen LogP contribution in [-0.4, -0.2) is 9.78 Å². The molecule has 3 rings (SSSR count). The summed E-state index contributed by atoms with van der Waals surface area (Å²) in [7, 11) is 1.93. The molecule has 0 aliphatic heterocycles. The Bertz CT molecular complexity index is 633. The van der Waals surface area contributed by atoms with E-state index in [1.807, 2.05) is 17.9 Å². The van der Waals surface area contributed by atoms with E-state index < -0.39 is 0 Å². The zero-order chi connectivity index (χ0) is 11.8. The summed E-state index contributed by atoms with van der Waals surface area (Å²) in [4.78, 5) is 1.19. The summed E-state index contributed by atoms with van der Waals surface area (Å²) in [5.74, 6) is 0. The fraction of sp³-hybridized carbons (Fsp3) is 0.154. The van der Waals surface area contributed by atoms with Gasteiger partial charge in [0, 0.05) is 30.1 Å². The van der Waals surface area contributed by atoms with Gasteiger partial charge >= 0.3 is 0 Å². The molecule has 3 nitrogen and oxygen atoms in total. The normalized spacial score (nSPS) is 11.2. The van der Waals surface area contributed by atoms with E-state index >= 15 is 0 Å². The summed E-state index contributed by atoms with van der Waals surface area (Å²) in [6.45, 7) is 0.525. The lowest BCUT2D eigenvalue weighted by Gasteiger charge is -1.93. The van der Waals surface area contributed by atoms with Crippen molar-refractivity contribution in [3.8, 4) is 10.6 Å². The van der Waals surface area contributed by atoms with Crippen LogP contribution in [0.4, 0.5) is 0 Å². The predicted molar refractivity (Wildman–Crippen MR) is 71.9 cm³/mol.